The molecule has 0 unspecified atom stereocenters. The van der Waals surface area contributed by atoms with Crippen molar-refractivity contribution in [2.45, 2.75) is 13.3 Å². The maximum absolute atomic E-state index is 12.2. The Bertz CT molecular complexity index is 659. The predicted molar refractivity (Wildman–Crippen MR) is 83.0 cm³/mol. The summed E-state index contributed by atoms with van der Waals surface area (Å²) in [5, 5.41) is 3.89. The van der Waals surface area contributed by atoms with E-state index in [1.54, 1.807) is 24.3 Å². The average molecular weight is 330 g/mol. The number of pyridine rings is 1. The molecule has 0 bridgehead atoms. The molecule has 2 aromatic rings. The first-order chi connectivity index (χ1) is 9.49. The van der Waals surface area contributed by atoms with Crippen LogP contribution in [0.2, 0.25) is 15.2 Å². The highest BCUT2D eigenvalue weighted by Gasteiger charge is 2.11. The SMILES string of the molecule is CCc1cc(C(=O)Nc2ccc(Cl)cc2Cl)cc(Cl)n1. The highest BCUT2D eigenvalue weighted by molar-refractivity contribution is 6.36. The monoisotopic (exact) mass is 328 g/mol. The number of benzene rings is 1. The quantitative estimate of drug-likeness (QED) is 0.817. The van der Waals surface area contributed by atoms with Crippen LogP contribution in [0.1, 0.15) is 23.0 Å². The van der Waals surface area contributed by atoms with Crippen LogP contribution >= 0.6 is 34.8 Å². The number of aryl methyl sites for hydroxylation is 1. The summed E-state index contributed by atoms with van der Waals surface area (Å²) in [5.74, 6) is -0.298. The number of rotatable bonds is 3. The normalized spacial score (nSPS) is 10.4. The Kier molecular flexibility index (Phi) is 4.86. The molecule has 0 fully saturated rings. The van der Waals surface area contributed by atoms with Gasteiger partial charge < -0.3 is 5.32 Å². The van der Waals surface area contributed by atoms with E-state index in [4.69, 9.17) is 34.8 Å². The summed E-state index contributed by atoms with van der Waals surface area (Å²) in [7, 11) is 0. The summed E-state index contributed by atoms with van der Waals surface area (Å²) in [4.78, 5) is 16.3. The largest absolute Gasteiger partial charge is 0.321 e. The molecule has 6 heteroatoms. The Morgan fingerprint density at radius 3 is 2.60 bits per heavy atom. The van der Waals surface area contributed by atoms with Crippen molar-refractivity contribution in [2.75, 3.05) is 5.32 Å². The fraction of sp³-hybridized carbons (Fsp3) is 0.143. The molecule has 2 rings (SSSR count). The highest BCUT2D eigenvalue weighted by Crippen LogP contribution is 2.26. The van der Waals surface area contributed by atoms with Gasteiger partial charge in [0.25, 0.3) is 5.91 Å². The Hall–Kier alpha value is -1.29. The fourth-order valence-corrected chi connectivity index (χ4v) is 2.33. The number of halogens is 3. The van der Waals surface area contributed by atoms with Crippen LogP contribution in [0.3, 0.4) is 0 Å². The van der Waals surface area contributed by atoms with E-state index >= 15 is 0 Å². The van der Waals surface area contributed by atoms with Gasteiger partial charge in [-0.3, -0.25) is 4.79 Å². The smallest absolute Gasteiger partial charge is 0.255 e. The molecule has 1 N–H and O–H groups in total. The zero-order valence-electron chi connectivity index (χ0n) is 10.6. The summed E-state index contributed by atoms with van der Waals surface area (Å²) < 4.78 is 0. The third kappa shape index (κ3) is 3.63. The molecule has 0 spiro atoms. The van der Waals surface area contributed by atoms with Crippen LogP contribution in [0.5, 0.6) is 0 Å². The highest BCUT2D eigenvalue weighted by atomic mass is 35.5. The van der Waals surface area contributed by atoms with Gasteiger partial charge in [0.1, 0.15) is 5.15 Å². The van der Waals surface area contributed by atoms with Gasteiger partial charge in [-0.05, 0) is 36.8 Å². The van der Waals surface area contributed by atoms with E-state index in [-0.39, 0.29) is 11.1 Å². The third-order valence-electron chi connectivity index (χ3n) is 2.65. The van der Waals surface area contributed by atoms with Crippen molar-refractivity contribution < 1.29 is 4.79 Å². The van der Waals surface area contributed by atoms with Crippen LogP contribution in [-0.2, 0) is 6.42 Å². The number of nitrogens with one attached hydrogen (secondary N) is 1. The van der Waals surface area contributed by atoms with Crippen molar-refractivity contribution in [1.29, 1.82) is 0 Å². The van der Waals surface area contributed by atoms with Gasteiger partial charge in [-0.1, -0.05) is 41.7 Å². The number of aromatic nitrogens is 1. The number of amides is 1. The number of carbonyl (C=O) groups excluding carboxylic acids is 1. The molecule has 104 valence electrons. The third-order valence-corrected chi connectivity index (χ3v) is 3.39. The molecular formula is C14H11Cl3N2O. The van der Waals surface area contributed by atoms with Crippen molar-refractivity contribution in [3.8, 4) is 0 Å². The maximum Gasteiger partial charge on any atom is 0.255 e. The molecule has 1 aromatic carbocycles. The minimum absolute atomic E-state index is 0.289. The molecule has 0 aliphatic rings. The Morgan fingerprint density at radius 1 is 1.20 bits per heavy atom. The average Bonchev–Trinajstić information content (AvgIpc) is 2.41. The zero-order valence-corrected chi connectivity index (χ0v) is 12.9. The van der Waals surface area contributed by atoms with Crippen molar-refractivity contribution in [3.63, 3.8) is 0 Å². The standard InChI is InChI=1S/C14H11Cl3N2O/c1-2-10-5-8(6-13(17)18-10)14(20)19-12-4-3-9(15)7-11(12)16/h3-7H,2H2,1H3,(H,19,20). The summed E-state index contributed by atoms with van der Waals surface area (Å²) in [6.07, 6.45) is 0.697. The number of nitrogens with zero attached hydrogens (tertiary/aromatic N) is 1. The molecule has 0 atom stereocenters. The van der Waals surface area contributed by atoms with Gasteiger partial charge in [0.05, 0.1) is 10.7 Å². The van der Waals surface area contributed by atoms with E-state index < -0.39 is 0 Å². The Labute approximate surface area is 131 Å². The van der Waals surface area contributed by atoms with Gasteiger partial charge >= 0.3 is 0 Å². The van der Waals surface area contributed by atoms with Crippen molar-refractivity contribution >= 4 is 46.4 Å². The molecule has 1 amide bonds. The number of hydrogen-bond acceptors (Lipinski definition) is 2. The lowest BCUT2D eigenvalue weighted by Crippen LogP contribution is -2.13. The van der Waals surface area contributed by atoms with Gasteiger partial charge in [-0.15, -0.1) is 0 Å². The first kappa shape index (κ1) is 15.1. The van der Waals surface area contributed by atoms with Crippen LogP contribution in [-0.4, -0.2) is 10.9 Å². The van der Waals surface area contributed by atoms with E-state index in [0.29, 0.717) is 27.7 Å². The second-order valence-electron chi connectivity index (χ2n) is 4.10. The lowest BCUT2D eigenvalue weighted by Gasteiger charge is -2.08. The van der Waals surface area contributed by atoms with Crippen molar-refractivity contribution in [2.24, 2.45) is 0 Å². The summed E-state index contributed by atoms with van der Waals surface area (Å²) in [6.45, 7) is 1.94. The molecule has 20 heavy (non-hydrogen) atoms. The van der Waals surface area contributed by atoms with Crippen LogP contribution in [0, 0.1) is 0 Å². The number of hydrogen-bond donors (Lipinski definition) is 1. The van der Waals surface area contributed by atoms with Crippen LogP contribution in [0.15, 0.2) is 30.3 Å². The summed E-state index contributed by atoms with van der Waals surface area (Å²) in [5.41, 5.74) is 1.68. The van der Waals surface area contributed by atoms with E-state index in [1.165, 1.54) is 6.07 Å². The Morgan fingerprint density at radius 2 is 1.95 bits per heavy atom. The molecule has 0 radical (unpaired) electrons. The number of anilines is 1. The zero-order chi connectivity index (χ0) is 14.7. The second-order valence-corrected chi connectivity index (χ2v) is 5.33. The summed E-state index contributed by atoms with van der Waals surface area (Å²) in [6, 6.07) is 8.08. The van der Waals surface area contributed by atoms with Gasteiger partial charge in [-0.25, -0.2) is 4.98 Å². The molecule has 0 saturated heterocycles. The minimum atomic E-state index is -0.298. The van der Waals surface area contributed by atoms with E-state index in [9.17, 15) is 4.79 Å². The van der Waals surface area contributed by atoms with Crippen LogP contribution in [0.25, 0.3) is 0 Å². The Balaban J connectivity index is 2.26. The fourth-order valence-electron chi connectivity index (χ4n) is 1.65. The first-order valence-corrected chi connectivity index (χ1v) is 7.06. The van der Waals surface area contributed by atoms with E-state index in [1.807, 2.05) is 6.92 Å². The molecule has 0 aliphatic heterocycles. The topological polar surface area (TPSA) is 42.0 Å². The minimum Gasteiger partial charge on any atom is -0.321 e. The van der Waals surface area contributed by atoms with Gasteiger partial charge in [0, 0.05) is 16.3 Å². The molecule has 0 aliphatic carbocycles. The molecule has 1 aromatic heterocycles. The lowest BCUT2D eigenvalue weighted by molar-refractivity contribution is 0.102. The number of carbonyl (C=O) groups is 1. The van der Waals surface area contributed by atoms with Crippen LogP contribution in [0.4, 0.5) is 5.69 Å². The molecule has 0 saturated carbocycles. The molecule has 1 heterocycles. The van der Waals surface area contributed by atoms with Crippen molar-refractivity contribution in [3.05, 3.63) is 56.8 Å². The summed E-state index contributed by atoms with van der Waals surface area (Å²) >= 11 is 17.7. The van der Waals surface area contributed by atoms with Crippen LogP contribution < -0.4 is 5.32 Å². The maximum atomic E-state index is 12.2. The molecule has 3 nitrogen and oxygen atoms in total. The van der Waals surface area contributed by atoms with E-state index in [2.05, 4.69) is 10.3 Å². The first-order valence-electron chi connectivity index (χ1n) is 5.92. The van der Waals surface area contributed by atoms with Gasteiger partial charge in [-0.2, -0.15) is 0 Å². The predicted octanol–water partition coefficient (Wildman–Crippen LogP) is 4.86. The second kappa shape index (κ2) is 6.44. The lowest BCUT2D eigenvalue weighted by atomic mass is 10.2. The van der Waals surface area contributed by atoms with Gasteiger partial charge in [0.2, 0.25) is 0 Å². The van der Waals surface area contributed by atoms with Crippen molar-refractivity contribution in [1.82, 2.24) is 4.98 Å². The van der Waals surface area contributed by atoms with E-state index in [0.717, 1.165) is 5.69 Å². The molecular weight excluding hydrogens is 319 g/mol. The van der Waals surface area contributed by atoms with Gasteiger partial charge in [0.15, 0.2) is 0 Å².